The molecule has 1 amide bonds. The lowest BCUT2D eigenvalue weighted by atomic mass is 10.1. The smallest absolute Gasteiger partial charge is 0.251 e. The number of carbonyl (C=O) groups is 1. The number of aromatic nitrogens is 1. The molecule has 106 valence electrons. The second-order valence-electron chi connectivity index (χ2n) is 4.44. The van der Waals surface area contributed by atoms with Crippen molar-refractivity contribution >= 4 is 17.5 Å². The van der Waals surface area contributed by atoms with Crippen molar-refractivity contribution in [3.63, 3.8) is 0 Å². The lowest BCUT2D eigenvalue weighted by Gasteiger charge is -2.17. The summed E-state index contributed by atoms with van der Waals surface area (Å²) < 4.78 is 5.11. The number of hydrogen-bond acceptors (Lipinski definition) is 3. The highest BCUT2D eigenvalue weighted by Crippen LogP contribution is 2.12. The van der Waals surface area contributed by atoms with Crippen LogP contribution in [0, 0.1) is 0 Å². The molecular formula is C14H21ClN2O2. The Balaban J connectivity index is 2.78. The minimum atomic E-state index is -0.130. The van der Waals surface area contributed by atoms with Crippen LogP contribution in [0.4, 0.5) is 0 Å². The van der Waals surface area contributed by atoms with Gasteiger partial charge in [-0.15, -0.1) is 0 Å². The van der Waals surface area contributed by atoms with E-state index in [1.54, 1.807) is 19.2 Å². The number of hydrogen-bond donors (Lipinski definition) is 1. The molecule has 1 aromatic rings. The summed E-state index contributed by atoms with van der Waals surface area (Å²) >= 11 is 5.92. The summed E-state index contributed by atoms with van der Waals surface area (Å²) in [5.41, 5.74) is 1.37. The lowest BCUT2D eigenvalue weighted by Crippen LogP contribution is -2.38. The molecule has 4 nitrogen and oxygen atoms in total. The Morgan fingerprint density at radius 3 is 2.79 bits per heavy atom. The van der Waals surface area contributed by atoms with Crippen molar-refractivity contribution < 1.29 is 9.53 Å². The Hall–Kier alpha value is -1.13. The summed E-state index contributed by atoms with van der Waals surface area (Å²) in [7, 11) is 1.63. The largest absolute Gasteiger partial charge is 0.383 e. The predicted octanol–water partition coefficient (Wildman–Crippen LogP) is 2.84. The Labute approximate surface area is 119 Å². The predicted molar refractivity (Wildman–Crippen MR) is 76.7 cm³/mol. The van der Waals surface area contributed by atoms with Crippen LogP contribution in [-0.2, 0) is 11.2 Å². The van der Waals surface area contributed by atoms with E-state index in [1.807, 2.05) is 6.92 Å². The lowest BCUT2D eigenvalue weighted by molar-refractivity contribution is 0.0891. The highest BCUT2D eigenvalue weighted by atomic mass is 35.5. The van der Waals surface area contributed by atoms with Crippen LogP contribution in [0.5, 0.6) is 0 Å². The number of halogens is 1. The van der Waals surface area contributed by atoms with Crippen LogP contribution in [0.2, 0.25) is 5.15 Å². The summed E-state index contributed by atoms with van der Waals surface area (Å²) in [6.07, 6.45) is 2.63. The van der Waals surface area contributed by atoms with Gasteiger partial charge in [-0.25, -0.2) is 4.98 Å². The topological polar surface area (TPSA) is 51.2 Å². The van der Waals surface area contributed by atoms with E-state index >= 15 is 0 Å². The molecular weight excluding hydrogens is 264 g/mol. The van der Waals surface area contributed by atoms with Gasteiger partial charge in [-0.05, 0) is 25.0 Å². The van der Waals surface area contributed by atoms with Gasteiger partial charge in [0, 0.05) is 18.4 Å². The van der Waals surface area contributed by atoms with Gasteiger partial charge in [0.25, 0.3) is 5.91 Å². The highest BCUT2D eigenvalue weighted by Gasteiger charge is 2.14. The maximum absolute atomic E-state index is 12.2. The number of nitrogens with one attached hydrogen (secondary N) is 1. The van der Waals surface area contributed by atoms with Crippen LogP contribution in [0.25, 0.3) is 0 Å². The number of amides is 1. The third-order valence-corrected chi connectivity index (χ3v) is 3.01. The first-order chi connectivity index (χ1) is 9.10. The van der Waals surface area contributed by atoms with E-state index < -0.39 is 0 Å². The zero-order chi connectivity index (χ0) is 14.3. The van der Waals surface area contributed by atoms with Crippen molar-refractivity contribution in [3.05, 3.63) is 28.5 Å². The molecule has 0 aliphatic carbocycles. The molecule has 0 spiro atoms. The van der Waals surface area contributed by atoms with E-state index in [9.17, 15) is 4.79 Å². The molecule has 0 aromatic carbocycles. The standard InChI is InChI=1S/C14H21ClN2O2/c1-4-6-12(9-19-3)17-14(18)10-7-11(5-2)16-13(15)8-10/h7-8,12H,4-6,9H2,1-3H3,(H,17,18). The Morgan fingerprint density at radius 2 is 2.21 bits per heavy atom. The first-order valence-corrected chi connectivity index (χ1v) is 6.94. The van der Waals surface area contributed by atoms with Gasteiger partial charge in [0.05, 0.1) is 12.6 Å². The van der Waals surface area contributed by atoms with Crippen LogP contribution in [0.15, 0.2) is 12.1 Å². The van der Waals surface area contributed by atoms with Crippen LogP contribution in [0.1, 0.15) is 42.7 Å². The van der Waals surface area contributed by atoms with Gasteiger partial charge in [0.2, 0.25) is 0 Å². The van der Waals surface area contributed by atoms with Gasteiger partial charge in [0.1, 0.15) is 5.15 Å². The molecule has 1 N–H and O–H groups in total. The number of carbonyl (C=O) groups excluding carboxylic acids is 1. The second kappa shape index (κ2) is 8.12. The molecule has 1 rings (SSSR count). The molecule has 0 aliphatic rings. The zero-order valence-electron chi connectivity index (χ0n) is 11.7. The first kappa shape index (κ1) is 15.9. The van der Waals surface area contributed by atoms with E-state index in [-0.39, 0.29) is 11.9 Å². The Kier molecular flexibility index (Phi) is 6.81. The average Bonchev–Trinajstić information content (AvgIpc) is 2.38. The number of ether oxygens (including phenoxy) is 1. The Morgan fingerprint density at radius 1 is 1.47 bits per heavy atom. The molecule has 19 heavy (non-hydrogen) atoms. The van der Waals surface area contributed by atoms with Gasteiger partial charge >= 0.3 is 0 Å². The number of rotatable bonds is 7. The zero-order valence-corrected chi connectivity index (χ0v) is 12.5. The summed E-state index contributed by atoms with van der Waals surface area (Å²) in [5, 5.41) is 3.31. The van der Waals surface area contributed by atoms with Crippen LogP contribution >= 0.6 is 11.6 Å². The van der Waals surface area contributed by atoms with Crippen molar-refractivity contribution in [1.29, 1.82) is 0 Å². The van der Waals surface area contributed by atoms with Gasteiger partial charge in [-0.1, -0.05) is 31.9 Å². The summed E-state index contributed by atoms with van der Waals surface area (Å²) in [4.78, 5) is 16.3. The number of methoxy groups -OCH3 is 1. The van der Waals surface area contributed by atoms with Crippen molar-refractivity contribution in [2.24, 2.45) is 0 Å². The van der Waals surface area contributed by atoms with E-state index in [1.165, 1.54) is 0 Å². The van der Waals surface area contributed by atoms with Crippen LogP contribution in [-0.4, -0.2) is 30.6 Å². The molecule has 0 radical (unpaired) electrons. The number of pyridine rings is 1. The SMILES string of the molecule is CCCC(COC)NC(=O)c1cc(Cl)nc(CC)c1. The molecule has 0 saturated heterocycles. The Bertz CT molecular complexity index is 418. The van der Waals surface area contributed by atoms with Gasteiger partial charge in [-0.3, -0.25) is 4.79 Å². The number of aryl methyl sites for hydroxylation is 1. The van der Waals surface area contributed by atoms with E-state index in [0.717, 1.165) is 25.0 Å². The van der Waals surface area contributed by atoms with Crippen LogP contribution in [0.3, 0.4) is 0 Å². The molecule has 1 heterocycles. The molecule has 0 saturated carbocycles. The molecule has 0 fully saturated rings. The first-order valence-electron chi connectivity index (χ1n) is 6.56. The summed E-state index contributed by atoms with van der Waals surface area (Å²) in [5.74, 6) is -0.130. The van der Waals surface area contributed by atoms with Crippen molar-refractivity contribution in [3.8, 4) is 0 Å². The van der Waals surface area contributed by atoms with E-state index in [0.29, 0.717) is 17.3 Å². The fourth-order valence-electron chi connectivity index (χ4n) is 1.88. The second-order valence-corrected chi connectivity index (χ2v) is 4.83. The quantitative estimate of drug-likeness (QED) is 0.783. The number of nitrogens with zero attached hydrogens (tertiary/aromatic N) is 1. The normalized spacial score (nSPS) is 12.2. The van der Waals surface area contributed by atoms with Crippen molar-refractivity contribution in [1.82, 2.24) is 10.3 Å². The molecule has 1 unspecified atom stereocenters. The fourth-order valence-corrected chi connectivity index (χ4v) is 2.11. The molecule has 1 aromatic heterocycles. The minimum Gasteiger partial charge on any atom is -0.383 e. The monoisotopic (exact) mass is 284 g/mol. The van der Waals surface area contributed by atoms with Gasteiger partial charge in [0.15, 0.2) is 0 Å². The molecule has 0 aliphatic heterocycles. The van der Waals surface area contributed by atoms with Gasteiger partial charge in [-0.2, -0.15) is 0 Å². The van der Waals surface area contributed by atoms with Crippen molar-refractivity contribution in [2.45, 2.75) is 39.2 Å². The molecule has 0 bridgehead atoms. The average molecular weight is 285 g/mol. The van der Waals surface area contributed by atoms with E-state index in [2.05, 4.69) is 17.2 Å². The molecule has 1 atom stereocenters. The summed E-state index contributed by atoms with van der Waals surface area (Å²) in [6.45, 7) is 4.57. The highest BCUT2D eigenvalue weighted by molar-refractivity contribution is 6.29. The van der Waals surface area contributed by atoms with Crippen molar-refractivity contribution in [2.75, 3.05) is 13.7 Å². The van der Waals surface area contributed by atoms with Gasteiger partial charge < -0.3 is 10.1 Å². The maximum atomic E-state index is 12.2. The molecule has 5 heteroatoms. The minimum absolute atomic E-state index is 0.0273. The maximum Gasteiger partial charge on any atom is 0.251 e. The third-order valence-electron chi connectivity index (χ3n) is 2.81. The van der Waals surface area contributed by atoms with E-state index in [4.69, 9.17) is 16.3 Å². The summed E-state index contributed by atoms with van der Waals surface area (Å²) in [6, 6.07) is 3.39. The fraction of sp³-hybridized carbons (Fsp3) is 0.571. The third kappa shape index (κ3) is 5.17. The van der Waals surface area contributed by atoms with Crippen LogP contribution < -0.4 is 5.32 Å².